The second-order valence-electron chi connectivity index (χ2n) is 8.13. The van der Waals surface area contributed by atoms with Gasteiger partial charge in [0.15, 0.2) is 0 Å². The molecule has 9 heteroatoms. The van der Waals surface area contributed by atoms with Crippen LogP contribution >= 0.6 is 0 Å². The molecular formula is C23H27N5O4. The maximum atomic E-state index is 13.3. The summed E-state index contributed by atoms with van der Waals surface area (Å²) in [5.41, 5.74) is 7.69. The minimum Gasteiger partial charge on any atom is -0.491 e. The fourth-order valence-corrected chi connectivity index (χ4v) is 3.20. The SMILES string of the molecule is COCCOc1ccc(N(C(=O)OC(C)(C)C)c2c(C)c(N)c(C#N)c3ccnn23)cc1. The van der Waals surface area contributed by atoms with E-state index in [2.05, 4.69) is 11.2 Å². The highest BCUT2D eigenvalue weighted by Gasteiger charge is 2.30. The molecule has 0 fully saturated rings. The van der Waals surface area contributed by atoms with Crippen LogP contribution in [-0.2, 0) is 9.47 Å². The Hall–Kier alpha value is -3.77. The highest BCUT2D eigenvalue weighted by molar-refractivity contribution is 5.98. The van der Waals surface area contributed by atoms with Crippen molar-refractivity contribution in [1.82, 2.24) is 9.61 Å². The zero-order valence-electron chi connectivity index (χ0n) is 18.9. The number of fused-ring (bicyclic) bond motifs is 1. The van der Waals surface area contributed by atoms with Crippen molar-refractivity contribution >= 4 is 28.8 Å². The van der Waals surface area contributed by atoms with Gasteiger partial charge < -0.3 is 19.9 Å². The van der Waals surface area contributed by atoms with Crippen LogP contribution in [0.15, 0.2) is 36.5 Å². The molecule has 0 saturated carbocycles. The molecule has 3 rings (SSSR count). The van der Waals surface area contributed by atoms with E-state index in [1.54, 1.807) is 71.3 Å². The number of nitrogen functional groups attached to an aromatic ring is 1. The molecule has 0 radical (unpaired) electrons. The van der Waals surface area contributed by atoms with Gasteiger partial charge in [-0.2, -0.15) is 10.4 Å². The van der Waals surface area contributed by atoms with E-state index in [1.807, 2.05) is 0 Å². The van der Waals surface area contributed by atoms with Gasteiger partial charge in [0.1, 0.15) is 35.4 Å². The van der Waals surface area contributed by atoms with Crippen LogP contribution in [0.3, 0.4) is 0 Å². The number of hydrogen-bond acceptors (Lipinski definition) is 7. The van der Waals surface area contributed by atoms with Gasteiger partial charge in [0.25, 0.3) is 0 Å². The Morgan fingerprint density at radius 2 is 1.91 bits per heavy atom. The Morgan fingerprint density at radius 3 is 2.50 bits per heavy atom. The van der Waals surface area contributed by atoms with Gasteiger partial charge in [-0.25, -0.2) is 14.2 Å². The maximum Gasteiger partial charge on any atom is 0.420 e. The summed E-state index contributed by atoms with van der Waals surface area (Å²) in [6, 6.07) is 10.8. The number of aromatic nitrogens is 2. The summed E-state index contributed by atoms with van der Waals surface area (Å²) in [6.45, 7) is 7.99. The molecule has 0 aliphatic carbocycles. The first kappa shape index (κ1) is 22.9. The van der Waals surface area contributed by atoms with Crippen molar-refractivity contribution in [1.29, 1.82) is 5.26 Å². The van der Waals surface area contributed by atoms with Gasteiger partial charge in [0.2, 0.25) is 0 Å². The van der Waals surface area contributed by atoms with Crippen molar-refractivity contribution in [2.45, 2.75) is 33.3 Å². The normalized spacial score (nSPS) is 11.2. The smallest absolute Gasteiger partial charge is 0.420 e. The molecule has 2 aromatic heterocycles. The van der Waals surface area contributed by atoms with E-state index in [0.717, 1.165) is 0 Å². The van der Waals surface area contributed by atoms with Crippen LogP contribution in [0.25, 0.3) is 5.52 Å². The third-order valence-corrected chi connectivity index (χ3v) is 4.66. The van der Waals surface area contributed by atoms with Crippen LogP contribution < -0.4 is 15.4 Å². The molecule has 0 unspecified atom stereocenters. The first-order valence-electron chi connectivity index (χ1n) is 10.1. The molecule has 0 spiro atoms. The van der Waals surface area contributed by atoms with Gasteiger partial charge in [-0.1, -0.05) is 0 Å². The molecular weight excluding hydrogens is 410 g/mol. The molecule has 1 aromatic carbocycles. The monoisotopic (exact) mass is 437 g/mol. The third-order valence-electron chi connectivity index (χ3n) is 4.66. The highest BCUT2D eigenvalue weighted by Crippen LogP contribution is 2.36. The van der Waals surface area contributed by atoms with Crippen LogP contribution in [0.2, 0.25) is 0 Å². The van der Waals surface area contributed by atoms with E-state index in [-0.39, 0.29) is 5.69 Å². The number of ether oxygens (including phenoxy) is 3. The molecule has 1 amide bonds. The fraction of sp³-hybridized carbons (Fsp3) is 0.348. The summed E-state index contributed by atoms with van der Waals surface area (Å²) in [4.78, 5) is 14.7. The number of nitrogens with zero attached hydrogens (tertiary/aromatic N) is 4. The van der Waals surface area contributed by atoms with Crippen molar-refractivity contribution in [2.24, 2.45) is 0 Å². The number of hydrogen-bond donors (Lipinski definition) is 1. The summed E-state index contributed by atoms with van der Waals surface area (Å²) in [6.07, 6.45) is 0.952. The van der Waals surface area contributed by atoms with Crippen molar-refractivity contribution in [2.75, 3.05) is 31.0 Å². The van der Waals surface area contributed by atoms with Gasteiger partial charge in [-0.15, -0.1) is 0 Å². The Kier molecular flexibility index (Phi) is 6.55. The average molecular weight is 438 g/mol. The molecule has 0 aliphatic rings. The summed E-state index contributed by atoms with van der Waals surface area (Å²) in [5.74, 6) is 1.03. The largest absolute Gasteiger partial charge is 0.491 e. The topological polar surface area (TPSA) is 115 Å². The first-order chi connectivity index (χ1) is 15.2. The number of nitriles is 1. The average Bonchev–Trinajstić information content (AvgIpc) is 3.20. The number of rotatable bonds is 6. The van der Waals surface area contributed by atoms with E-state index < -0.39 is 11.7 Å². The van der Waals surface area contributed by atoms with Crippen molar-refractivity contribution in [3.8, 4) is 11.8 Å². The number of benzene rings is 1. The molecule has 2 N–H and O–H groups in total. The Morgan fingerprint density at radius 1 is 1.22 bits per heavy atom. The zero-order chi connectivity index (χ0) is 23.5. The Bertz CT molecular complexity index is 1160. The van der Waals surface area contributed by atoms with E-state index in [1.165, 1.54) is 9.42 Å². The highest BCUT2D eigenvalue weighted by atomic mass is 16.6. The molecule has 0 aliphatic heterocycles. The molecule has 0 saturated heterocycles. The fourth-order valence-electron chi connectivity index (χ4n) is 3.20. The molecule has 3 aromatic rings. The zero-order valence-corrected chi connectivity index (χ0v) is 18.9. The standard InChI is InChI=1S/C23H27N5O4/c1-15-20(25)18(14-24)19-10-11-26-28(19)21(15)27(22(29)32-23(2,3)4)16-6-8-17(9-7-16)31-13-12-30-5/h6-11H,12-13,25H2,1-5H3. The van der Waals surface area contributed by atoms with E-state index in [9.17, 15) is 10.1 Å². The van der Waals surface area contributed by atoms with E-state index >= 15 is 0 Å². The van der Waals surface area contributed by atoms with E-state index in [4.69, 9.17) is 19.9 Å². The Balaban J connectivity index is 2.15. The molecule has 0 atom stereocenters. The first-order valence-corrected chi connectivity index (χ1v) is 10.1. The second-order valence-corrected chi connectivity index (χ2v) is 8.13. The summed E-state index contributed by atoms with van der Waals surface area (Å²) >= 11 is 0. The number of pyridine rings is 1. The van der Waals surface area contributed by atoms with Crippen LogP contribution in [-0.4, -0.2) is 41.6 Å². The van der Waals surface area contributed by atoms with Crippen molar-refractivity contribution in [3.63, 3.8) is 0 Å². The lowest BCUT2D eigenvalue weighted by Gasteiger charge is -2.29. The quantitative estimate of drug-likeness (QED) is 0.575. The van der Waals surface area contributed by atoms with Crippen LogP contribution in [0.1, 0.15) is 31.9 Å². The summed E-state index contributed by atoms with van der Waals surface area (Å²) in [7, 11) is 1.60. The summed E-state index contributed by atoms with van der Waals surface area (Å²) < 4.78 is 17.8. The van der Waals surface area contributed by atoms with Gasteiger partial charge >= 0.3 is 6.09 Å². The van der Waals surface area contributed by atoms with Gasteiger partial charge in [-0.05, 0) is 58.0 Å². The molecule has 168 valence electrons. The van der Waals surface area contributed by atoms with Crippen LogP contribution in [0.4, 0.5) is 22.0 Å². The van der Waals surface area contributed by atoms with Crippen molar-refractivity contribution < 1.29 is 19.0 Å². The number of carbonyl (C=O) groups is 1. The minimum atomic E-state index is -0.728. The lowest BCUT2D eigenvalue weighted by Crippen LogP contribution is -2.35. The number of anilines is 3. The predicted molar refractivity (Wildman–Crippen MR) is 121 cm³/mol. The van der Waals surface area contributed by atoms with Gasteiger partial charge in [0, 0.05) is 12.7 Å². The predicted octanol–water partition coefficient (Wildman–Crippen LogP) is 4.20. The molecule has 0 bridgehead atoms. The van der Waals surface area contributed by atoms with Crippen LogP contribution in [0.5, 0.6) is 5.75 Å². The number of carbonyl (C=O) groups excluding carboxylic acids is 1. The lowest BCUT2D eigenvalue weighted by atomic mass is 10.1. The number of amides is 1. The second kappa shape index (κ2) is 9.16. The van der Waals surface area contributed by atoms with Crippen molar-refractivity contribution in [3.05, 3.63) is 47.7 Å². The maximum absolute atomic E-state index is 13.3. The molecule has 32 heavy (non-hydrogen) atoms. The van der Waals surface area contributed by atoms with Gasteiger partial charge in [-0.3, -0.25) is 0 Å². The van der Waals surface area contributed by atoms with Gasteiger partial charge in [0.05, 0.1) is 29.7 Å². The molecule has 9 nitrogen and oxygen atoms in total. The third kappa shape index (κ3) is 4.60. The Labute approximate surface area is 186 Å². The summed E-state index contributed by atoms with van der Waals surface area (Å²) in [5, 5.41) is 13.9. The van der Waals surface area contributed by atoms with Crippen LogP contribution in [0, 0.1) is 18.3 Å². The number of nitrogens with two attached hydrogens (primary N) is 1. The minimum absolute atomic E-state index is 0.281. The molecule has 2 heterocycles. The number of methoxy groups -OCH3 is 1. The lowest BCUT2D eigenvalue weighted by molar-refractivity contribution is 0.0597. The van der Waals surface area contributed by atoms with E-state index in [0.29, 0.717) is 47.1 Å².